The maximum absolute atomic E-state index is 13.3. The summed E-state index contributed by atoms with van der Waals surface area (Å²) in [7, 11) is 1.68. The predicted octanol–water partition coefficient (Wildman–Crippen LogP) is 1.88. The standard InChI is InChI=1S/C13H20FNO2/c1-17-9-5-4-8-15-10-13(16)11-6-2-3-7-12(11)14/h2-3,6-7,13,15-16H,4-5,8-10H2,1H3. The smallest absolute Gasteiger partial charge is 0.129 e. The number of aliphatic hydroxyl groups excluding tert-OH is 1. The van der Waals surface area contributed by atoms with Crippen LogP contribution in [0.4, 0.5) is 4.39 Å². The summed E-state index contributed by atoms with van der Waals surface area (Å²) in [6.07, 6.45) is 1.18. The van der Waals surface area contributed by atoms with Gasteiger partial charge in [0.1, 0.15) is 5.82 Å². The second-order valence-electron chi connectivity index (χ2n) is 3.94. The van der Waals surface area contributed by atoms with E-state index in [0.29, 0.717) is 12.1 Å². The molecule has 1 aromatic rings. The topological polar surface area (TPSA) is 41.5 Å². The molecule has 3 nitrogen and oxygen atoms in total. The van der Waals surface area contributed by atoms with Crippen molar-refractivity contribution in [1.82, 2.24) is 5.32 Å². The molecule has 1 atom stereocenters. The molecule has 2 N–H and O–H groups in total. The summed E-state index contributed by atoms with van der Waals surface area (Å²) in [6, 6.07) is 6.30. The second kappa shape index (κ2) is 8.17. The van der Waals surface area contributed by atoms with E-state index in [1.165, 1.54) is 6.07 Å². The van der Waals surface area contributed by atoms with Gasteiger partial charge in [-0.3, -0.25) is 0 Å². The third-order valence-corrected chi connectivity index (χ3v) is 2.55. The maximum atomic E-state index is 13.3. The van der Waals surface area contributed by atoms with Gasteiger partial charge in [-0.05, 0) is 25.5 Å². The van der Waals surface area contributed by atoms with E-state index in [1.807, 2.05) is 0 Å². The Morgan fingerprint density at radius 2 is 2.12 bits per heavy atom. The molecule has 17 heavy (non-hydrogen) atoms. The molecule has 1 rings (SSSR count). The molecule has 0 spiro atoms. The molecule has 0 bridgehead atoms. The molecule has 0 fully saturated rings. The number of hydrogen-bond donors (Lipinski definition) is 2. The summed E-state index contributed by atoms with van der Waals surface area (Å²) in [6.45, 7) is 1.92. The highest BCUT2D eigenvalue weighted by atomic mass is 19.1. The van der Waals surface area contributed by atoms with Crippen molar-refractivity contribution in [2.45, 2.75) is 18.9 Å². The number of benzene rings is 1. The van der Waals surface area contributed by atoms with Gasteiger partial charge in [-0.1, -0.05) is 18.2 Å². The molecule has 0 aromatic heterocycles. The first-order valence-corrected chi connectivity index (χ1v) is 5.88. The van der Waals surface area contributed by atoms with Crippen LogP contribution in [0.5, 0.6) is 0 Å². The Kier molecular flexibility index (Phi) is 6.77. The highest BCUT2D eigenvalue weighted by Gasteiger charge is 2.10. The molecule has 0 saturated carbocycles. The number of ether oxygens (including phenoxy) is 1. The van der Waals surface area contributed by atoms with Gasteiger partial charge in [0.25, 0.3) is 0 Å². The lowest BCUT2D eigenvalue weighted by molar-refractivity contribution is 0.168. The quantitative estimate of drug-likeness (QED) is 0.683. The molecular formula is C13H20FNO2. The van der Waals surface area contributed by atoms with Crippen LogP contribution >= 0.6 is 0 Å². The predicted molar refractivity (Wildman–Crippen MR) is 65.3 cm³/mol. The first-order chi connectivity index (χ1) is 8.25. The van der Waals surface area contributed by atoms with Crippen molar-refractivity contribution in [3.63, 3.8) is 0 Å². The molecular weight excluding hydrogens is 221 g/mol. The average molecular weight is 241 g/mol. The minimum absolute atomic E-state index is 0.344. The SMILES string of the molecule is COCCCCNCC(O)c1ccccc1F. The molecule has 0 amide bonds. The maximum Gasteiger partial charge on any atom is 0.129 e. The lowest BCUT2D eigenvalue weighted by Crippen LogP contribution is -2.23. The summed E-state index contributed by atoms with van der Waals surface area (Å²) >= 11 is 0. The normalized spacial score (nSPS) is 12.6. The van der Waals surface area contributed by atoms with Gasteiger partial charge < -0.3 is 15.2 Å². The van der Waals surface area contributed by atoms with Crippen molar-refractivity contribution in [1.29, 1.82) is 0 Å². The minimum atomic E-state index is -0.793. The minimum Gasteiger partial charge on any atom is -0.387 e. The van der Waals surface area contributed by atoms with Gasteiger partial charge in [0, 0.05) is 25.8 Å². The molecule has 4 heteroatoms. The zero-order valence-electron chi connectivity index (χ0n) is 10.2. The van der Waals surface area contributed by atoms with Crippen molar-refractivity contribution in [2.24, 2.45) is 0 Å². The highest BCUT2D eigenvalue weighted by Crippen LogP contribution is 2.15. The van der Waals surface area contributed by atoms with Gasteiger partial charge in [0.2, 0.25) is 0 Å². The lowest BCUT2D eigenvalue weighted by Gasteiger charge is -2.12. The van der Waals surface area contributed by atoms with Crippen LogP contribution in [0.15, 0.2) is 24.3 Å². The summed E-state index contributed by atoms with van der Waals surface area (Å²) in [5, 5.41) is 12.9. The summed E-state index contributed by atoms with van der Waals surface area (Å²) in [5.41, 5.74) is 0.344. The zero-order valence-corrected chi connectivity index (χ0v) is 10.2. The van der Waals surface area contributed by atoms with E-state index >= 15 is 0 Å². The third-order valence-electron chi connectivity index (χ3n) is 2.55. The Balaban J connectivity index is 2.21. The van der Waals surface area contributed by atoms with Crippen LogP contribution < -0.4 is 5.32 Å². The second-order valence-corrected chi connectivity index (χ2v) is 3.94. The fourth-order valence-electron chi connectivity index (χ4n) is 1.59. The Morgan fingerprint density at radius 3 is 2.82 bits per heavy atom. The van der Waals surface area contributed by atoms with E-state index in [9.17, 15) is 9.50 Å². The van der Waals surface area contributed by atoms with Crippen molar-refractivity contribution < 1.29 is 14.2 Å². The van der Waals surface area contributed by atoms with Gasteiger partial charge in [0.15, 0.2) is 0 Å². The average Bonchev–Trinajstić information content (AvgIpc) is 2.34. The first-order valence-electron chi connectivity index (χ1n) is 5.88. The number of unbranched alkanes of at least 4 members (excludes halogenated alkanes) is 1. The van der Waals surface area contributed by atoms with Crippen LogP contribution in [0.2, 0.25) is 0 Å². The van der Waals surface area contributed by atoms with Crippen LogP contribution in [-0.4, -0.2) is 31.9 Å². The largest absolute Gasteiger partial charge is 0.387 e. The lowest BCUT2D eigenvalue weighted by atomic mass is 10.1. The van der Waals surface area contributed by atoms with Crippen LogP contribution in [0.3, 0.4) is 0 Å². The van der Waals surface area contributed by atoms with Crippen LogP contribution in [0, 0.1) is 5.82 Å². The fraction of sp³-hybridized carbons (Fsp3) is 0.538. The Labute approximate surface area is 102 Å². The summed E-state index contributed by atoms with van der Waals surface area (Å²) < 4.78 is 18.2. The van der Waals surface area contributed by atoms with Crippen LogP contribution in [-0.2, 0) is 4.74 Å². The zero-order chi connectivity index (χ0) is 12.5. The molecule has 0 saturated heterocycles. The van der Waals surface area contributed by atoms with E-state index in [1.54, 1.807) is 25.3 Å². The monoisotopic (exact) mass is 241 g/mol. The fourth-order valence-corrected chi connectivity index (χ4v) is 1.59. The van der Waals surface area contributed by atoms with Crippen LogP contribution in [0.25, 0.3) is 0 Å². The van der Waals surface area contributed by atoms with Crippen molar-refractivity contribution in [2.75, 3.05) is 26.8 Å². The molecule has 0 heterocycles. The number of aliphatic hydroxyl groups is 1. The number of halogens is 1. The number of methoxy groups -OCH3 is 1. The van der Waals surface area contributed by atoms with Gasteiger partial charge in [-0.25, -0.2) is 4.39 Å². The molecule has 1 aromatic carbocycles. The number of hydrogen-bond acceptors (Lipinski definition) is 3. The third kappa shape index (κ3) is 5.26. The van der Waals surface area contributed by atoms with Gasteiger partial charge in [0.05, 0.1) is 6.10 Å². The van der Waals surface area contributed by atoms with Crippen LogP contribution in [0.1, 0.15) is 24.5 Å². The van der Waals surface area contributed by atoms with E-state index in [2.05, 4.69) is 5.32 Å². The summed E-state index contributed by atoms with van der Waals surface area (Å²) in [4.78, 5) is 0. The highest BCUT2D eigenvalue weighted by molar-refractivity contribution is 5.19. The number of nitrogens with one attached hydrogen (secondary N) is 1. The van der Waals surface area contributed by atoms with Gasteiger partial charge >= 0.3 is 0 Å². The molecule has 96 valence electrons. The number of rotatable bonds is 8. The Hall–Kier alpha value is -0.970. The molecule has 0 aliphatic heterocycles. The molecule has 0 aliphatic rings. The molecule has 1 unspecified atom stereocenters. The van der Waals surface area contributed by atoms with Gasteiger partial charge in [-0.15, -0.1) is 0 Å². The van der Waals surface area contributed by atoms with E-state index < -0.39 is 6.10 Å². The van der Waals surface area contributed by atoms with Crippen molar-refractivity contribution >= 4 is 0 Å². The Morgan fingerprint density at radius 1 is 1.35 bits per heavy atom. The van der Waals surface area contributed by atoms with Gasteiger partial charge in [-0.2, -0.15) is 0 Å². The molecule has 0 aliphatic carbocycles. The van der Waals surface area contributed by atoms with E-state index in [0.717, 1.165) is 26.0 Å². The Bertz CT molecular complexity index is 320. The molecule has 0 radical (unpaired) electrons. The van der Waals surface area contributed by atoms with E-state index in [-0.39, 0.29) is 5.82 Å². The first kappa shape index (κ1) is 14.1. The van der Waals surface area contributed by atoms with E-state index in [4.69, 9.17) is 4.74 Å². The van der Waals surface area contributed by atoms with Crippen molar-refractivity contribution in [3.8, 4) is 0 Å². The van der Waals surface area contributed by atoms with Crippen molar-refractivity contribution in [3.05, 3.63) is 35.6 Å². The summed E-state index contributed by atoms with van der Waals surface area (Å²) in [5.74, 6) is -0.360.